The van der Waals surface area contributed by atoms with E-state index in [0.29, 0.717) is 0 Å². The summed E-state index contributed by atoms with van der Waals surface area (Å²) in [6, 6.07) is 0. The van der Waals surface area contributed by atoms with E-state index < -0.39 is 0 Å². The highest BCUT2D eigenvalue weighted by atomic mass is 15.1. The minimum atomic E-state index is 1.14. The van der Waals surface area contributed by atoms with Gasteiger partial charge in [0, 0.05) is 6.42 Å². The van der Waals surface area contributed by atoms with Gasteiger partial charge in [-0.15, -0.1) is 0 Å². The van der Waals surface area contributed by atoms with Gasteiger partial charge in [0.1, 0.15) is 20.1 Å². The Labute approximate surface area is 44.6 Å². The van der Waals surface area contributed by atoms with Crippen LogP contribution in [0.4, 0.5) is 0 Å². The standard InChI is InChI=1S/C6H11N/c1-7-5-3-2-4-6-7/h2-3H,4-6H2,1H3/q+1. The molecular formula is C6H11N+. The number of hydrogen-bond acceptors (Lipinski definition) is 1. The molecule has 1 nitrogen and oxygen atoms in total. The maximum atomic E-state index is 2.31. The summed E-state index contributed by atoms with van der Waals surface area (Å²) in [6.45, 7) is 2.37. The Balaban J connectivity index is 2.32. The first-order valence-corrected chi connectivity index (χ1v) is 2.73. The molecule has 0 bridgehead atoms. The molecule has 1 radical (unpaired) electrons. The van der Waals surface area contributed by atoms with Crippen molar-refractivity contribution in [2.45, 2.75) is 6.42 Å². The topological polar surface area (TPSA) is 5.90 Å². The average molecular weight is 97.2 g/mol. The monoisotopic (exact) mass is 97.1 g/mol. The van der Waals surface area contributed by atoms with Crippen molar-refractivity contribution in [3.63, 3.8) is 0 Å². The lowest BCUT2D eigenvalue weighted by Crippen LogP contribution is -2.28. The smallest absolute Gasteiger partial charge is 0.141 e. The highest BCUT2D eigenvalue weighted by Crippen LogP contribution is 1.92. The number of likely N-dealkylation sites (N-methyl/N-ethyl adjacent to an activating group) is 1. The van der Waals surface area contributed by atoms with Crippen molar-refractivity contribution in [3.05, 3.63) is 12.2 Å². The Hall–Kier alpha value is -0.300. The van der Waals surface area contributed by atoms with Gasteiger partial charge in [0.05, 0.1) is 0 Å². The van der Waals surface area contributed by atoms with E-state index in [1.165, 1.54) is 13.0 Å². The van der Waals surface area contributed by atoms with Gasteiger partial charge in [-0.3, -0.25) is 0 Å². The third-order valence-electron chi connectivity index (χ3n) is 1.26. The van der Waals surface area contributed by atoms with E-state index in [4.69, 9.17) is 0 Å². The Morgan fingerprint density at radius 3 is 2.57 bits per heavy atom. The lowest BCUT2D eigenvalue weighted by Gasteiger charge is -2.05. The van der Waals surface area contributed by atoms with Crippen molar-refractivity contribution >= 4 is 0 Å². The van der Waals surface area contributed by atoms with E-state index in [1.54, 1.807) is 0 Å². The molecule has 0 N–H and O–H groups in total. The van der Waals surface area contributed by atoms with Gasteiger partial charge in [-0.2, -0.15) is 4.90 Å². The van der Waals surface area contributed by atoms with Crippen LogP contribution in [0.5, 0.6) is 0 Å². The average Bonchev–Trinajstić information content (AvgIpc) is 1.69. The Morgan fingerprint density at radius 2 is 2.29 bits per heavy atom. The van der Waals surface area contributed by atoms with E-state index in [2.05, 4.69) is 24.1 Å². The largest absolute Gasteiger partial charge is 0.169 e. The van der Waals surface area contributed by atoms with Crippen molar-refractivity contribution in [3.8, 4) is 0 Å². The third-order valence-corrected chi connectivity index (χ3v) is 1.26. The summed E-state index contributed by atoms with van der Waals surface area (Å²) < 4.78 is 0. The quantitative estimate of drug-likeness (QED) is 0.310. The lowest BCUT2D eigenvalue weighted by molar-refractivity contribution is 0.512. The zero-order valence-electron chi connectivity index (χ0n) is 4.72. The fourth-order valence-corrected chi connectivity index (χ4v) is 0.759. The third kappa shape index (κ3) is 1.32. The molecule has 1 heteroatoms. The molecule has 0 aromatic rings. The Bertz CT molecular complexity index is 76.2. The van der Waals surface area contributed by atoms with Crippen molar-refractivity contribution in [1.29, 1.82) is 0 Å². The predicted molar refractivity (Wildman–Crippen MR) is 31.5 cm³/mol. The minimum Gasteiger partial charge on any atom is -0.169 e. The molecule has 1 aliphatic heterocycles. The molecule has 0 saturated carbocycles. The summed E-state index contributed by atoms with van der Waals surface area (Å²) in [5, 5.41) is 0. The molecule has 0 saturated heterocycles. The molecular weight excluding hydrogens is 86.1 g/mol. The predicted octanol–water partition coefficient (Wildman–Crippen LogP) is 0.716. The normalized spacial score (nSPS) is 23.0. The van der Waals surface area contributed by atoms with Crippen molar-refractivity contribution < 1.29 is 0 Å². The molecule has 0 aliphatic carbocycles. The molecule has 0 amide bonds. The molecule has 1 heterocycles. The van der Waals surface area contributed by atoms with Gasteiger partial charge in [0.15, 0.2) is 0 Å². The van der Waals surface area contributed by atoms with Crippen LogP contribution in [-0.2, 0) is 0 Å². The summed E-state index contributed by atoms with van der Waals surface area (Å²) in [5.74, 6) is 0. The SMILES string of the molecule is C[N+]1CC=CCC1. The fraction of sp³-hybridized carbons (Fsp3) is 0.667. The van der Waals surface area contributed by atoms with Crippen molar-refractivity contribution in [1.82, 2.24) is 4.90 Å². The van der Waals surface area contributed by atoms with Crippen LogP contribution in [0, 0.1) is 0 Å². The second-order valence-electron chi connectivity index (χ2n) is 2.02. The maximum Gasteiger partial charge on any atom is 0.141 e. The van der Waals surface area contributed by atoms with Gasteiger partial charge >= 0.3 is 0 Å². The van der Waals surface area contributed by atoms with Gasteiger partial charge < -0.3 is 0 Å². The zero-order valence-corrected chi connectivity index (χ0v) is 4.72. The van der Waals surface area contributed by atoms with Crippen LogP contribution >= 0.6 is 0 Å². The summed E-state index contributed by atoms with van der Waals surface area (Å²) in [4.78, 5) is 2.31. The Morgan fingerprint density at radius 1 is 1.43 bits per heavy atom. The summed E-state index contributed by atoms with van der Waals surface area (Å²) in [5.41, 5.74) is 0. The second-order valence-corrected chi connectivity index (χ2v) is 2.02. The molecule has 39 valence electrons. The molecule has 0 fully saturated rings. The van der Waals surface area contributed by atoms with E-state index in [9.17, 15) is 0 Å². The van der Waals surface area contributed by atoms with E-state index >= 15 is 0 Å². The first-order chi connectivity index (χ1) is 3.39. The molecule has 0 atom stereocenters. The molecule has 0 spiro atoms. The fourth-order valence-electron chi connectivity index (χ4n) is 0.759. The summed E-state index contributed by atoms with van der Waals surface area (Å²) in [7, 11) is 2.14. The first-order valence-electron chi connectivity index (χ1n) is 2.73. The van der Waals surface area contributed by atoms with E-state index in [-0.39, 0.29) is 0 Å². The summed E-state index contributed by atoms with van der Waals surface area (Å²) in [6.07, 6.45) is 5.68. The van der Waals surface area contributed by atoms with Gasteiger partial charge in [-0.05, 0) is 6.08 Å². The molecule has 7 heavy (non-hydrogen) atoms. The number of rotatable bonds is 0. The zero-order chi connectivity index (χ0) is 5.11. The second kappa shape index (κ2) is 2.12. The van der Waals surface area contributed by atoms with Crippen LogP contribution < -0.4 is 4.90 Å². The molecule has 1 aliphatic rings. The summed E-state index contributed by atoms with van der Waals surface area (Å²) >= 11 is 0. The van der Waals surface area contributed by atoms with Crippen LogP contribution in [0.1, 0.15) is 6.42 Å². The highest BCUT2D eigenvalue weighted by Gasteiger charge is 2.05. The van der Waals surface area contributed by atoms with E-state index in [0.717, 1.165) is 6.54 Å². The number of hydrogen-bond donors (Lipinski definition) is 0. The van der Waals surface area contributed by atoms with Crippen molar-refractivity contribution in [2.75, 3.05) is 20.1 Å². The van der Waals surface area contributed by atoms with Crippen LogP contribution in [-0.4, -0.2) is 20.1 Å². The van der Waals surface area contributed by atoms with Gasteiger partial charge in [-0.25, -0.2) is 0 Å². The first kappa shape index (κ1) is 4.85. The van der Waals surface area contributed by atoms with Gasteiger partial charge in [0.25, 0.3) is 0 Å². The Kier molecular flexibility index (Phi) is 1.47. The van der Waals surface area contributed by atoms with Gasteiger partial charge in [-0.1, -0.05) is 6.08 Å². The molecule has 0 unspecified atom stereocenters. The molecule has 1 rings (SSSR count). The van der Waals surface area contributed by atoms with Crippen LogP contribution in [0.2, 0.25) is 0 Å². The van der Waals surface area contributed by atoms with Crippen LogP contribution in [0.3, 0.4) is 0 Å². The van der Waals surface area contributed by atoms with Crippen molar-refractivity contribution in [2.24, 2.45) is 0 Å². The lowest BCUT2D eigenvalue weighted by atomic mass is 10.3. The molecule has 0 aromatic heterocycles. The van der Waals surface area contributed by atoms with Gasteiger partial charge in [0.2, 0.25) is 0 Å². The van der Waals surface area contributed by atoms with Crippen LogP contribution in [0.15, 0.2) is 12.2 Å². The van der Waals surface area contributed by atoms with Crippen LogP contribution in [0.25, 0.3) is 0 Å². The maximum absolute atomic E-state index is 2.31. The minimum absolute atomic E-state index is 1.14. The molecule has 0 aromatic carbocycles. The van der Waals surface area contributed by atoms with E-state index in [1.807, 2.05) is 0 Å². The number of nitrogens with zero attached hydrogens (tertiary/aromatic N) is 1. The highest BCUT2D eigenvalue weighted by molar-refractivity contribution is 4.91.